The maximum atomic E-state index is 12.7. The van der Waals surface area contributed by atoms with E-state index in [2.05, 4.69) is 9.97 Å². The first-order valence-electron chi connectivity index (χ1n) is 9.65. The van der Waals surface area contributed by atoms with Gasteiger partial charge in [-0.2, -0.15) is 0 Å². The van der Waals surface area contributed by atoms with Crippen molar-refractivity contribution in [1.29, 1.82) is 0 Å². The summed E-state index contributed by atoms with van der Waals surface area (Å²) in [7, 11) is 0. The highest BCUT2D eigenvalue weighted by molar-refractivity contribution is 8.00. The van der Waals surface area contributed by atoms with Crippen molar-refractivity contribution in [2.75, 3.05) is 36.8 Å². The summed E-state index contributed by atoms with van der Waals surface area (Å²) >= 11 is 1.42. The Balaban J connectivity index is 1.38. The lowest BCUT2D eigenvalue weighted by molar-refractivity contribution is -0.384. The molecule has 0 bridgehead atoms. The maximum Gasteiger partial charge on any atom is 0.292 e. The van der Waals surface area contributed by atoms with Gasteiger partial charge in [-0.25, -0.2) is 9.97 Å². The zero-order valence-electron chi connectivity index (χ0n) is 16.5. The normalized spacial score (nSPS) is 14.2. The minimum atomic E-state index is -0.364. The topological polar surface area (TPSA) is 92.5 Å². The van der Waals surface area contributed by atoms with Gasteiger partial charge in [0.2, 0.25) is 5.91 Å². The van der Waals surface area contributed by atoms with Gasteiger partial charge < -0.3 is 9.80 Å². The molecule has 1 amide bonds. The zero-order valence-corrected chi connectivity index (χ0v) is 17.3. The van der Waals surface area contributed by atoms with E-state index in [0.29, 0.717) is 43.4 Å². The molecule has 0 aliphatic carbocycles. The number of benzene rings is 2. The fourth-order valence-electron chi connectivity index (χ4n) is 3.57. The number of amides is 1. The Morgan fingerprint density at radius 2 is 1.77 bits per heavy atom. The third-order valence-electron chi connectivity index (χ3n) is 5.06. The predicted molar refractivity (Wildman–Crippen MR) is 117 cm³/mol. The molecule has 1 saturated heterocycles. The van der Waals surface area contributed by atoms with Gasteiger partial charge in [0.25, 0.3) is 5.69 Å². The van der Waals surface area contributed by atoms with Crippen LogP contribution in [0.1, 0.15) is 5.82 Å². The number of hydrogen-bond acceptors (Lipinski definition) is 7. The van der Waals surface area contributed by atoms with Gasteiger partial charge in [0.15, 0.2) is 0 Å². The van der Waals surface area contributed by atoms with Gasteiger partial charge in [0, 0.05) is 37.6 Å². The second-order valence-electron chi connectivity index (χ2n) is 7.00. The molecule has 0 spiro atoms. The van der Waals surface area contributed by atoms with Crippen molar-refractivity contribution in [1.82, 2.24) is 14.9 Å². The fourth-order valence-corrected chi connectivity index (χ4v) is 4.54. The molecule has 2 heterocycles. The molecule has 0 radical (unpaired) electrons. The van der Waals surface area contributed by atoms with Crippen molar-refractivity contribution < 1.29 is 9.72 Å². The second kappa shape index (κ2) is 8.66. The Labute approximate surface area is 178 Å². The standard InChI is InChI=1S/C21H21N5O3S/c1-15-22-17-7-3-2-6-16(17)21(23-15)30-14-20(27)25-12-10-24(11-13-25)18-8-4-5-9-19(18)26(28)29/h2-9H,10-14H2,1H3. The van der Waals surface area contributed by atoms with Crippen LogP contribution in [0.25, 0.3) is 10.9 Å². The number of para-hydroxylation sites is 3. The van der Waals surface area contributed by atoms with Crippen molar-refractivity contribution in [3.05, 3.63) is 64.5 Å². The second-order valence-corrected chi connectivity index (χ2v) is 7.96. The van der Waals surface area contributed by atoms with Crippen LogP contribution in [0.3, 0.4) is 0 Å². The molecular weight excluding hydrogens is 402 g/mol. The first kappa shape index (κ1) is 20.1. The summed E-state index contributed by atoms with van der Waals surface area (Å²) in [5.74, 6) is 1.02. The molecule has 0 N–H and O–H groups in total. The Kier molecular flexibility index (Phi) is 5.80. The van der Waals surface area contributed by atoms with Crippen LogP contribution in [0.15, 0.2) is 53.6 Å². The number of thioether (sulfide) groups is 1. The largest absolute Gasteiger partial charge is 0.362 e. The summed E-state index contributed by atoms with van der Waals surface area (Å²) in [6, 6.07) is 14.5. The molecule has 154 valence electrons. The summed E-state index contributed by atoms with van der Waals surface area (Å²) < 4.78 is 0. The van der Waals surface area contributed by atoms with E-state index < -0.39 is 0 Å². The molecule has 30 heavy (non-hydrogen) atoms. The van der Waals surface area contributed by atoms with Crippen LogP contribution in [0.5, 0.6) is 0 Å². The number of aryl methyl sites for hydroxylation is 1. The van der Waals surface area contributed by atoms with E-state index in [9.17, 15) is 14.9 Å². The molecule has 0 saturated carbocycles. The minimum Gasteiger partial charge on any atom is -0.362 e. The fraction of sp³-hybridized carbons (Fsp3) is 0.286. The molecule has 4 rings (SSSR count). The van der Waals surface area contributed by atoms with Gasteiger partial charge in [-0.15, -0.1) is 0 Å². The molecule has 0 unspecified atom stereocenters. The Bertz CT molecular complexity index is 1100. The summed E-state index contributed by atoms with van der Waals surface area (Å²) in [4.78, 5) is 36.4. The van der Waals surface area contributed by atoms with E-state index in [0.717, 1.165) is 15.9 Å². The number of carbonyl (C=O) groups excluding carboxylic acids is 1. The molecule has 0 atom stereocenters. The molecule has 1 aromatic heterocycles. The molecule has 2 aromatic carbocycles. The van der Waals surface area contributed by atoms with Crippen LogP contribution in [0.4, 0.5) is 11.4 Å². The van der Waals surface area contributed by atoms with Crippen LogP contribution in [0, 0.1) is 17.0 Å². The molecule has 1 fully saturated rings. The van der Waals surface area contributed by atoms with Gasteiger partial charge in [0.1, 0.15) is 16.5 Å². The molecule has 3 aromatic rings. The summed E-state index contributed by atoms with van der Waals surface area (Å²) in [6.45, 7) is 4.05. The van der Waals surface area contributed by atoms with Crippen molar-refractivity contribution in [3.63, 3.8) is 0 Å². The van der Waals surface area contributed by atoms with E-state index in [1.165, 1.54) is 17.8 Å². The average Bonchev–Trinajstić information content (AvgIpc) is 2.77. The number of aromatic nitrogens is 2. The molecule has 9 heteroatoms. The molecule has 1 aliphatic rings. The Morgan fingerprint density at radius 3 is 2.53 bits per heavy atom. The maximum absolute atomic E-state index is 12.7. The van der Waals surface area contributed by atoms with Gasteiger partial charge in [-0.05, 0) is 19.1 Å². The van der Waals surface area contributed by atoms with Crippen LogP contribution in [-0.4, -0.2) is 57.6 Å². The number of carbonyl (C=O) groups is 1. The van der Waals surface area contributed by atoms with Crippen molar-refractivity contribution in [3.8, 4) is 0 Å². The number of rotatable bonds is 5. The van der Waals surface area contributed by atoms with Gasteiger partial charge in [-0.3, -0.25) is 14.9 Å². The lowest BCUT2D eigenvalue weighted by Crippen LogP contribution is -2.49. The highest BCUT2D eigenvalue weighted by Crippen LogP contribution is 2.29. The highest BCUT2D eigenvalue weighted by Gasteiger charge is 2.25. The van der Waals surface area contributed by atoms with Crippen LogP contribution in [0.2, 0.25) is 0 Å². The first-order chi connectivity index (χ1) is 14.5. The van der Waals surface area contributed by atoms with E-state index in [4.69, 9.17) is 0 Å². The average molecular weight is 423 g/mol. The number of anilines is 1. The lowest BCUT2D eigenvalue weighted by Gasteiger charge is -2.35. The van der Waals surface area contributed by atoms with Crippen molar-refractivity contribution in [2.45, 2.75) is 11.9 Å². The lowest BCUT2D eigenvalue weighted by atomic mass is 10.2. The quantitative estimate of drug-likeness (QED) is 0.269. The summed E-state index contributed by atoms with van der Waals surface area (Å²) in [6.07, 6.45) is 0. The van der Waals surface area contributed by atoms with E-state index >= 15 is 0 Å². The van der Waals surface area contributed by atoms with Gasteiger partial charge >= 0.3 is 0 Å². The van der Waals surface area contributed by atoms with E-state index in [-0.39, 0.29) is 16.5 Å². The van der Waals surface area contributed by atoms with Crippen LogP contribution in [-0.2, 0) is 4.79 Å². The highest BCUT2D eigenvalue weighted by atomic mass is 32.2. The SMILES string of the molecule is Cc1nc(SCC(=O)N2CCN(c3ccccc3[N+](=O)[O-])CC2)c2ccccc2n1. The molecule has 1 aliphatic heterocycles. The first-order valence-corrected chi connectivity index (χ1v) is 10.6. The van der Waals surface area contributed by atoms with E-state index in [1.807, 2.05) is 41.0 Å². The van der Waals surface area contributed by atoms with Crippen molar-refractivity contribution >= 4 is 39.9 Å². The van der Waals surface area contributed by atoms with E-state index in [1.54, 1.807) is 18.2 Å². The summed E-state index contributed by atoms with van der Waals surface area (Å²) in [5.41, 5.74) is 1.57. The number of fused-ring (bicyclic) bond motifs is 1. The third-order valence-corrected chi connectivity index (χ3v) is 6.04. The molecular formula is C21H21N5O3S. The zero-order chi connectivity index (χ0) is 21.1. The van der Waals surface area contributed by atoms with Gasteiger partial charge in [-0.1, -0.05) is 42.1 Å². The number of nitro benzene ring substituents is 1. The predicted octanol–water partition coefficient (Wildman–Crippen LogP) is 3.29. The minimum absolute atomic E-state index is 0.0440. The van der Waals surface area contributed by atoms with Gasteiger partial charge in [0.05, 0.1) is 16.2 Å². The van der Waals surface area contributed by atoms with Crippen molar-refractivity contribution in [2.24, 2.45) is 0 Å². The molecule has 8 nitrogen and oxygen atoms in total. The smallest absolute Gasteiger partial charge is 0.292 e. The summed E-state index contributed by atoms with van der Waals surface area (Å²) in [5, 5.41) is 13.0. The third kappa shape index (κ3) is 4.20. The number of nitrogens with zero attached hydrogens (tertiary/aromatic N) is 5. The number of piperazine rings is 1. The van der Waals surface area contributed by atoms with Crippen LogP contribution >= 0.6 is 11.8 Å². The Morgan fingerprint density at radius 1 is 1.07 bits per heavy atom. The monoisotopic (exact) mass is 423 g/mol. The number of nitro groups is 1. The van der Waals surface area contributed by atoms with Crippen LogP contribution < -0.4 is 4.90 Å². The Hall–Kier alpha value is -3.20. The number of hydrogen-bond donors (Lipinski definition) is 0.